The van der Waals surface area contributed by atoms with E-state index in [1.807, 2.05) is 30.3 Å². The molecule has 0 radical (unpaired) electrons. The molecule has 2 rings (SSSR count). The molecule has 0 aliphatic heterocycles. The van der Waals surface area contributed by atoms with Gasteiger partial charge < -0.3 is 10.1 Å². The van der Waals surface area contributed by atoms with Crippen molar-refractivity contribution in [2.75, 3.05) is 6.61 Å². The van der Waals surface area contributed by atoms with Gasteiger partial charge in [-0.3, -0.25) is 4.79 Å². The highest BCUT2D eigenvalue weighted by molar-refractivity contribution is 5.75. The highest BCUT2D eigenvalue weighted by atomic mass is 19.1. The molecule has 2 aromatic rings. The van der Waals surface area contributed by atoms with Gasteiger partial charge in [0, 0.05) is 6.54 Å². The molecule has 0 unspecified atom stereocenters. The molecule has 0 aromatic heterocycles. The van der Waals surface area contributed by atoms with Crippen LogP contribution >= 0.6 is 0 Å². The molecule has 3 nitrogen and oxygen atoms in total. The van der Waals surface area contributed by atoms with Crippen LogP contribution < -0.4 is 10.1 Å². The van der Waals surface area contributed by atoms with E-state index in [1.54, 1.807) is 12.1 Å². The zero-order valence-corrected chi connectivity index (χ0v) is 11.0. The molecule has 0 atom stereocenters. The van der Waals surface area contributed by atoms with E-state index in [0.717, 1.165) is 11.3 Å². The van der Waals surface area contributed by atoms with Crippen molar-refractivity contribution < 1.29 is 13.9 Å². The Labute approximate surface area is 117 Å². The molecular weight excluding hydrogens is 257 g/mol. The van der Waals surface area contributed by atoms with Crippen LogP contribution in [0.15, 0.2) is 54.6 Å². The molecular formula is C16H16FNO2. The van der Waals surface area contributed by atoms with Crippen LogP contribution in [0, 0.1) is 5.82 Å². The molecule has 0 spiro atoms. The Hall–Kier alpha value is -2.36. The van der Waals surface area contributed by atoms with Gasteiger partial charge in [-0.05, 0) is 29.8 Å². The van der Waals surface area contributed by atoms with Crippen molar-refractivity contribution in [3.8, 4) is 5.75 Å². The van der Waals surface area contributed by atoms with Crippen LogP contribution in [0.1, 0.15) is 12.0 Å². The number of amides is 1. The fourth-order valence-corrected chi connectivity index (χ4v) is 1.67. The number of hydrogen-bond acceptors (Lipinski definition) is 2. The first kappa shape index (κ1) is 14.1. The van der Waals surface area contributed by atoms with Crippen molar-refractivity contribution >= 4 is 5.91 Å². The number of halogens is 1. The van der Waals surface area contributed by atoms with Gasteiger partial charge in [0.1, 0.15) is 11.6 Å². The first-order chi connectivity index (χ1) is 9.74. The lowest BCUT2D eigenvalue weighted by molar-refractivity contribution is -0.121. The number of carbonyl (C=O) groups is 1. The zero-order valence-electron chi connectivity index (χ0n) is 11.0. The molecule has 0 fully saturated rings. The van der Waals surface area contributed by atoms with E-state index < -0.39 is 0 Å². The van der Waals surface area contributed by atoms with Crippen LogP contribution in [0.3, 0.4) is 0 Å². The fourth-order valence-electron chi connectivity index (χ4n) is 1.67. The van der Waals surface area contributed by atoms with Crippen LogP contribution in [-0.2, 0) is 11.3 Å². The lowest BCUT2D eigenvalue weighted by Crippen LogP contribution is -2.24. The summed E-state index contributed by atoms with van der Waals surface area (Å²) < 4.78 is 18.1. The molecule has 2 aromatic carbocycles. The Morgan fingerprint density at radius 3 is 2.45 bits per heavy atom. The SMILES string of the molecule is O=C(CCOc1ccccc1)NCc1ccc(F)cc1. The maximum absolute atomic E-state index is 12.7. The third-order valence-corrected chi connectivity index (χ3v) is 2.74. The van der Waals surface area contributed by atoms with Crippen molar-refractivity contribution in [3.05, 3.63) is 66.0 Å². The average molecular weight is 273 g/mol. The van der Waals surface area contributed by atoms with E-state index in [2.05, 4.69) is 5.32 Å². The summed E-state index contributed by atoms with van der Waals surface area (Å²) in [7, 11) is 0. The predicted molar refractivity (Wildman–Crippen MR) is 74.8 cm³/mol. The molecule has 0 bridgehead atoms. The quantitative estimate of drug-likeness (QED) is 0.878. The van der Waals surface area contributed by atoms with Crippen LogP contribution in [-0.4, -0.2) is 12.5 Å². The van der Waals surface area contributed by atoms with Crippen molar-refractivity contribution in [1.82, 2.24) is 5.32 Å². The minimum Gasteiger partial charge on any atom is -0.493 e. The van der Waals surface area contributed by atoms with Gasteiger partial charge in [0.05, 0.1) is 13.0 Å². The van der Waals surface area contributed by atoms with Gasteiger partial charge in [-0.1, -0.05) is 30.3 Å². The molecule has 20 heavy (non-hydrogen) atoms. The van der Waals surface area contributed by atoms with E-state index in [4.69, 9.17) is 4.74 Å². The van der Waals surface area contributed by atoms with Crippen LogP contribution in [0.2, 0.25) is 0 Å². The largest absolute Gasteiger partial charge is 0.493 e. The third-order valence-electron chi connectivity index (χ3n) is 2.74. The lowest BCUT2D eigenvalue weighted by atomic mass is 10.2. The highest BCUT2D eigenvalue weighted by Crippen LogP contribution is 2.08. The molecule has 0 aliphatic carbocycles. The zero-order chi connectivity index (χ0) is 14.2. The summed E-state index contributed by atoms with van der Waals surface area (Å²) in [6, 6.07) is 15.4. The normalized spacial score (nSPS) is 10.1. The van der Waals surface area contributed by atoms with E-state index in [-0.39, 0.29) is 18.1 Å². The third kappa shape index (κ3) is 4.72. The van der Waals surface area contributed by atoms with Gasteiger partial charge in [-0.15, -0.1) is 0 Å². The second-order valence-electron chi connectivity index (χ2n) is 4.31. The van der Waals surface area contributed by atoms with E-state index >= 15 is 0 Å². The van der Waals surface area contributed by atoms with Gasteiger partial charge in [0.25, 0.3) is 0 Å². The standard InChI is InChI=1S/C16H16FNO2/c17-14-8-6-13(7-9-14)12-18-16(19)10-11-20-15-4-2-1-3-5-15/h1-9H,10-12H2,(H,18,19). The maximum Gasteiger partial charge on any atom is 0.223 e. The van der Waals surface area contributed by atoms with E-state index in [9.17, 15) is 9.18 Å². The number of carbonyl (C=O) groups excluding carboxylic acids is 1. The second-order valence-corrected chi connectivity index (χ2v) is 4.31. The van der Waals surface area contributed by atoms with Crippen LogP contribution in [0.5, 0.6) is 5.75 Å². The fraction of sp³-hybridized carbons (Fsp3) is 0.188. The summed E-state index contributed by atoms with van der Waals surface area (Å²) in [5.74, 6) is 0.375. The van der Waals surface area contributed by atoms with Crippen LogP contribution in [0.25, 0.3) is 0 Å². The monoisotopic (exact) mass is 273 g/mol. The average Bonchev–Trinajstić information content (AvgIpc) is 2.48. The Morgan fingerprint density at radius 1 is 1.05 bits per heavy atom. The Bertz CT molecular complexity index is 540. The first-order valence-electron chi connectivity index (χ1n) is 6.43. The summed E-state index contributed by atoms with van der Waals surface area (Å²) in [4.78, 5) is 11.6. The summed E-state index contributed by atoms with van der Waals surface area (Å²) >= 11 is 0. The number of ether oxygens (including phenoxy) is 1. The minimum absolute atomic E-state index is 0.0924. The Morgan fingerprint density at radius 2 is 1.75 bits per heavy atom. The lowest BCUT2D eigenvalue weighted by Gasteiger charge is -2.07. The van der Waals surface area contributed by atoms with Gasteiger partial charge in [0.15, 0.2) is 0 Å². The summed E-state index contributed by atoms with van der Waals surface area (Å²) in [5, 5.41) is 2.76. The minimum atomic E-state index is -0.281. The smallest absolute Gasteiger partial charge is 0.223 e. The summed E-state index contributed by atoms with van der Waals surface area (Å²) in [6.45, 7) is 0.726. The summed E-state index contributed by atoms with van der Waals surface area (Å²) in [5.41, 5.74) is 0.865. The number of benzene rings is 2. The molecule has 104 valence electrons. The molecule has 4 heteroatoms. The maximum atomic E-state index is 12.7. The van der Waals surface area contributed by atoms with E-state index in [1.165, 1.54) is 12.1 Å². The molecule has 0 aliphatic rings. The molecule has 1 amide bonds. The number of rotatable bonds is 6. The number of para-hydroxylation sites is 1. The van der Waals surface area contributed by atoms with E-state index in [0.29, 0.717) is 13.2 Å². The Balaban J connectivity index is 1.67. The number of nitrogens with one attached hydrogen (secondary N) is 1. The van der Waals surface area contributed by atoms with Crippen LogP contribution in [0.4, 0.5) is 4.39 Å². The van der Waals surface area contributed by atoms with Gasteiger partial charge in [-0.2, -0.15) is 0 Å². The van der Waals surface area contributed by atoms with Crippen molar-refractivity contribution in [2.45, 2.75) is 13.0 Å². The predicted octanol–water partition coefficient (Wildman–Crippen LogP) is 2.91. The van der Waals surface area contributed by atoms with Crippen molar-refractivity contribution in [1.29, 1.82) is 0 Å². The molecule has 1 N–H and O–H groups in total. The topological polar surface area (TPSA) is 38.3 Å². The highest BCUT2D eigenvalue weighted by Gasteiger charge is 2.02. The first-order valence-corrected chi connectivity index (χ1v) is 6.43. The molecule has 0 saturated carbocycles. The molecule has 0 heterocycles. The molecule has 0 saturated heterocycles. The number of hydrogen-bond donors (Lipinski definition) is 1. The van der Waals surface area contributed by atoms with Crippen molar-refractivity contribution in [2.24, 2.45) is 0 Å². The van der Waals surface area contributed by atoms with Gasteiger partial charge in [-0.25, -0.2) is 4.39 Å². The van der Waals surface area contributed by atoms with Gasteiger partial charge in [0.2, 0.25) is 5.91 Å². The van der Waals surface area contributed by atoms with Crippen molar-refractivity contribution in [3.63, 3.8) is 0 Å². The second kappa shape index (κ2) is 7.28. The van der Waals surface area contributed by atoms with Gasteiger partial charge >= 0.3 is 0 Å². The summed E-state index contributed by atoms with van der Waals surface area (Å²) in [6.07, 6.45) is 0.288. The Kier molecular flexibility index (Phi) is 5.12.